The van der Waals surface area contributed by atoms with E-state index in [0.717, 1.165) is 18.4 Å². The zero-order chi connectivity index (χ0) is 17.6. The van der Waals surface area contributed by atoms with E-state index in [1.165, 1.54) is 18.3 Å². The molecule has 2 aromatic rings. The van der Waals surface area contributed by atoms with E-state index >= 15 is 0 Å². The van der Waals surface area contributed by atoms with E-state index in [-0.39, 0.29) is 34.6 Å². The molecule has 6 nitrogen and oxygen atoms in total. The highest BCUT2D eigenvalue weighted by Gasteiger charge is 2.43. The topological polar surface area (TPSA) is 81.9 Å². The van der Waals surface area contributed by atoms with Gasteiger partial charge in [0.1, 0.15) is 17.0 Å². The molecule has 2 aromatic heterocycles. The highest BCUT2D eigenvalue weighted by atomic mass is 35.5. The second-order valence-electron chi connectivity index (χ2n) is 6.10. The second-order valence-corrected chi connectivity index (χ2v) is 6.46. The third-order valence-corrected chi connectivity index (χ3v) is 5.07. The lowest BCUT2D eigenvalue weighted by Crippen LogP contribution is -2.44. The monoisotopic (exact) mass is 357 g/mol. The van der Waals surface area contributed by atoms with Crippen LogP contribution < -0.4 is 5.32 Å². The van der Waals surface area contributed by atoms with Crippen molar-refractivity contribution in [2.24, 2.45) is 0 Å². The maximum atomic E-state index is 14.0. The molecule has 0 saturated carbocycles. The zero-order valence-corrected chi connectivity index (χ0v) is 13.8. The van der Waals surface area contributed by atoms with E-state index < -0.39 is 5.95 Å². The molecule has 4 rings (SSSR count). The summed E-state index contributed by atoms with van der Waals surface area (Å²) in [5, 5.41) is 11.6. The molecule has 8 heteroatoms. The number of nitrogens with zero attached hydrogens (tertiary/aromatic N) is 4. The van der Waals surface area contributed by atoms with Crippen molar-refractivity contribution in [3.63, 3.8) is 0 Å². The minimum atomic E-state index is -0.449. The molecule has 2 aliphatic heterocycles. The van der Waals surface area contributed by atoms with Gasteiger partial charge in [0.15, 0.2) is 0 Å². The number of anilines is 1. The first-order chi connectivity index (χ1) is 12.1. The van der Waals surface area contributed by atoms with Gasteiger partial charge in [0.05, 0.1) is 11.6 Å². The number of rotatable bonds is 1. The predicted octanol–water partition coefficient (Wildman–Crippen LogP) is 3.43. The summed E-state index contributed by atoms with van der Waals surface area (Å²) in [6.45, 7) is 0. The van der Waals surface area contributed by atoms with E-state index in [1.807, 2.05) is 6.07 Å². The molecule has 0 aliphatic carbocycles. The lowest BCUT2D eigenvalue weighted by Gasteiger charge is -2.36. The smallest absolute Gasteiger partial charge is 0.314 e. The number of hydrogen-bond acceptors (Lipinski definition) is 4. The third-order valence-electron chi connectivity index (χ3n) is 4.78. The van der Waals surface area contributed by atoms with Gasteiger partial charge in [-0.05, 0) is 43.0 Å². The van der Waals surface area contributed by atoms with Crippen LogP contribution in [0, 0.1) is 17.3 Å². The van der Waals surface area contributed by atoms with Gasteiger partial charge in [0.2, 0.25) is 5.95 Å². The van der Waals surface area contributed by atoms with Crippen LogP contribution in [0.2, 0.25) is 5.15 Å². The summed E-state index contributed by atoms with van der Waals surface area (Å²) in [6, 6.07) is 6.21. The van der Waals surface area contributed by atoms with E-state index in [2.05, 4.69) is 15.3 Å². The number of hydrogen-bond donors (Lipinski definition) is 1. The molecule has 2 aliphatic rings. The summed E-state index contributed by atoms with van der Waals surface area (Å²) in [6.07, 6.45) is 3.50. The third kappa shape index (κ3) is 2.59. The van der Waals surface area contributed by atoms with Gasteiger partial charge in [-0.2, -0.15) is 9.65 Å². The van der Waals surface area contributed by atoms with Crippen molar-refractivity contribution in [1.82, 2.24) is 14.9 Å². The number of pyridine rings is 2. The fourth-order valence-electron chi connectivity index (χ4n) is 3.69. The fourth-order valence-corrected chi connectivity index (χ4v) is 3.88. The molecule has 1 N–H and O–H groups in total. The van der Waals surface area contributed by atoms with Crippen molar-refractivity contribution in [3.05, 3.63) is 52.2 Å². The van der Waals surface area contributed by atoms with Crippen LogP contribution >= 0.6 is 11.6 Å². The summed E-state index contributed by atoms with van der Waals surface area (Å²) in [7, 11) is 0. The number of carbonyl (C=O) groups excluding carboxylic acids is 1. The number of fused-ring (bicyclic) bond motifs is 4. The van der Waals surface area contributed by atoms with Crippen LogP contribution in [0.25, 0.3) is 0 Å². The quantitative estimate of drug-likeness (QED) is 0.793. The Morgan fingerprint density at radius 1 is 1.40 bits per heavy atom. The van der Waals surface area contributed by atoms with E-state index in [9.17, 15) is 9.18 Å². The van der Waals surface area contributed by atoms with Crippen molar-refractivity contribution in [2.75, 3.05) is 5.32 Å². The fraction of sp³-hybridized carbons (Fsp3) is 0.294. The number of carbonyl (C=O) groups is 1. The Morgan fingerprint density at radius 2 is 2.24 bits per heavy atom. The standard InChI is InChI=1S/C17H13ClFN5O/c18-15-9(8-20)1-4-14(22-15)23-17(25)24-10-2-3-13(24)11-5-6-21-16(19)12(11)7-10/h1,4-6,10,13H,2-3,7H2,(H,22,23,25)/t10-,13+/m1/s1. The average Bonchev–Trinajstić information content (AvgIpc) is 2.91. The Hall–Kier alpha value is -2.72. The molecule has 0 aromatic carbocycles. The molecule has 0 unspecified atom stereocenters. The molecule has 126 valence electrons. The lowest BCUT2D eigenvalue weighted by atomic mass is 9.95. The number of amides is 2. The Morgan fingerprint density at radius 3 is 3.00 bits per heavy atom. The summed E-state index contributed by atoms with van der Waals surface area (Å²) >= 11 is 5.91. The van der Waals surface area contributed by atoms with Crippen LogP contribution in [0.5, 0.6) is 0 Å². The maximum absolute atomic E-state index is 14.0. The molecule has 2 amide bonds. The van der Waals surface area contributed by atoms with Gasteiger partial charge in [-0.3, -0.25) is 5.32 Å². The molecular formula is C17H13ClFN5O. The summed E-state index contributed by atoms with van der Waals surface area (Å²) in [5.74, 6) is -0.171. The first-order valence-corrected chi connectivity index (χ1v) is 8.25. The average molecular weight is 358 g/mol. The van der Waals surface area contributed by atoms with E-state index in [1.54, 1.807) is 11.0 Å². The van der Waals surface area contributed by atoms with Crippen molar-refractivity contribution in [2.45, 2.75) is 31.3 Å². The summed E-state index contributed by atoms with van der Waals surface area (Å²) in [5.41, 5.74) is 1.68. The summed E-state index contributed by atoms with van der Waals surface area (Å²) < 4.78 is 14.0. The van der Waals surface area contributed by atoms with Crippen molar-refractivity contribution < 1.29 is 9.18 Å². The molecule has 2 bridgehead atoms. The Balaban J connectivity index is 1.60. The van der Waals surface area contributed by atoms with Crippen molar-refractivity contribution >= 4 is 23.4 Å². The van der Waals surface area contributed by atoms with Gasteiger partial charge in [0.25, 0.3) is 0 Å². The van der Waals surface area contributed by atoms with E-state index in [4.69, 9.17) is 16.9 Å². The van der Waals surface area contributed by atoms with Crippen LogP contribution in [0.4, 0.5) is 15.0 Å². The number of nitriles is 1. The van der Waals surface area contributed by atoms with Crippen LogP contribution in [0.3, 0.4) is 0 Å². The van der Waals surface area contributed by atoms with Gasteiger partial charge in [0, 0.05) is 17.8 Å². The number of nitrogens with one attached hydrogen (secondary N) is 1. The number of aromatic nitrogens is 2. The zero-order valence-electron chi connectivity index (χ0n) is 13.0. The first-order valence-electron chi connectivity index (χ1n) is 7.87. The van der Waals surface area contributed by atoms with Gasteiger partial charge in [-0.15, -0.1) is 0 Å². The second kappa shape index (κ2) is 5.97. The highest BCUT2D eigenvalue weighted by Crippen LogP contribution is 2.44. The van der Waals surface area contributed by atoms with Gasteiger partial charge < -0.3 is 4.90 Å². The van der Waals surface area contributed by atoms with Crippen LogP contribution in [-0.4, -0.2) is 26.9 Å². The lowest BCUT2D eigenvalue weighted by molar-refractivity contribution is 0.178. The maximum Gasteiger partial charge on any atom is 0.323 e. The van der Waals surface area contributed by atoms with Gasteiger partial charge >= 0.3 is 6.03 Å². The largest absolute Gasteiger partial charge is 0.323 e. The minimum Gasteiger partial charge on any atom is -0.314 e. The van der Waals surface area contributed by atoms with E-state index in [0.29, 0.717) is 12.0 Å². The Kier molecular flexibility index (Phi) is 3.77. The SMILES string of the molecule is N#Cc1ccc(NC(=O)N2[C@@H]3CC[C@H]2c2ccnc(F)c2C3)nc1Cl. The van der Waals surface area contributed by atoms with Crippen LogP contribution in [-0.2, 0) is 6.42 Å². The molecule has 2 atom stereocenters. The molecule has 0 spiro atoms. The van der Waals surface area contributed by atoms with Crippen LogP contribution in [0.15, 0.2) is 24.4 Å². The number of urea groups is 1. The Labute approximate surface area is 148 Å². The molecule has 1 saturated heterocycles. The molecule has 4 heterocycles. The first kappa shape index (κ1) is 15.8. The van der Waals surface area contributed by atoms with Crippen LogP contribution in [0.1, 0.15) is 35.6 Å². The van der Waals surface area contributed by atoms with Crippen molar-refractivity contribution in [1.29, 1.82) is 5.26 Å². The Bertz CT molecular complexity index is 912. The summed E-state index contributed by atoms with van der Waals surface area (Å²) in [4.78, 5) is 22.2. The molecular weight excluding hydrogens is 345 g/mol. The molecule has 0 radical (unpaired) electrons. The molecule has 25 heavy (non-hydrogen) atoms. The van der Waals surface area contributed by atoms with Gasteiger partial charge in [-0.25, -0.2) is 14.8 Å². The number of halogens is 2. The van der Waals surface area contributed by atoms with Gasteiger partial charge in [-0.1, -0.05) is 11.6 Å². The minimum absolute atomic E-state index is 0.0420. The predicted molar refractivity (Wildman–Crippen MR) is 88.5 cm³/mol. The highest BCUT2D eigenvalue weighted by molar-refractivity contribution is 6.30. The normalized spacial score (nSPS) is 20.8. The molecule has 1 fully saturated rings. The van der Waals surface area contributed by atoms with Crippen molar-refractivity contribution in [3.8, 4) is 6.07 Å².